The van der Waals surface area contributed by atoms with E-state index in [4.69, 9.17) is 4.74 Å². The van der Waals surface area contributed by atoms with E-state index in [1.54, 1.807) is 6.07 Å². The molecule has 0 saturated heterocycles. The predicted octanol–water partition coefficient (Wildman–Crippen LogP) is 4.52. The Morgan fingerprint density at radius 2 is 1.96 bits per heavy atom. The zero-order valence-corrected chi connectivity index (χ0v) is 15.0. The van der Waals surface area contributed by atoms with Crippen LogP contribution in [-0.2, 0) is 11.3 Å². The van der Waals surface area contributed by atoms with Gasteiger partial charge in [0.05, 0.1) is 12.5 Å². The average Bonchev–Trinajstić information content (AvgIpc) is 2.58. The van der Waals surface area contributed by atoms with Crippen LogP contribution in [0, 0.1) is 5.82 Å². The predicted molar refractivity (Wildman–Crippen MR) is 96.0 cm³/mol. The summed E-state index contributed by atoms with van der Waals surface area (Å²) in [4.78, 5) is 15.2. The van der Waals surface area contributed by atoms with Gasteiger partial charge in [-0.2, -0.15) is 0 Å². The lowest BCUT2D eigenvalue weighted by molar-refractivity contribution is -0.139. The molecule has 0 aromatic heterocycles. The Hall–Kier alpha value is -2.36. The summed E-state index contributed by atoms with van der Waals surface area (Å²) in [6.07, 6.45) is 0.658. The third-order valence-electron chi connectivity index (χ3n) is 4.56. The molecule has 0 bridgehead atoms. The number of ether oxygens (including phenoxy) is 1. The van der Waals surface area contributed by atoms with Crippen LogP contribution < -0.4 is 4.74 Å². The number of amides is 1. The molecule has 1 aliphatic rings. The molecule has 1 aliphatic heterocycles. The standard InChI is InChI=1S/C21H24FNO2/c1-21(2,3)23(14-15-7-6-8-16(22)13-15)20(24)18-11-12-25-19-10-5-4-9-17(18)19/h4-10,13,18H,11-12,14H2,1-3H3. The van der Waals surface area contributed by atoms with Crippen molar-refractivity contribution in [3.05, 3.63) is 65.5 Å². The van der Waals surface area contributed by atoms with E-state index >= 15 is 0 Å². The molecule has 3 rings (SSSR count). The summed E-state index contributed by atoms with van der Waals surface area (Å²) >= 11 is 0. The minimum absolute atomic E-state index is 0.0625. The highest BCUT2D eigenvalue weighted by Crippen LogP contribution is 2.36. The Bertz CT molecular complexity index is 766. The van der Waals surface area contributed by atoms with Gasteiger partial charge < -0.3 is 9.64 Å². The normalized spacial score (nSPS) is 16.7. The first-order valence-corrected chi connectivity index (χ1v) is 8.64. The Labute approximate surface area is 148 Å². The van der Waals surface area contributed by atoms with E-state index in [-0.39, 0.29) is 23.2 Å². The summed E-state index contributed by atoms with van der Waals surface area (Å²) in [7, 11) is 0. The van der Waals surface area contributed by atoms with Crippen LogP contribution in [-0.4, -0.2) is 23.0 Å². The number of halogens is 1. The molecule has 3 nitrogen and oxygen atoms in total. The van der Waals surface area contributed by atoms with Crippen LogP contribution in [0.15, 0.2) is 48.5 Å². The number of nitrogens with zero attached hydrogens (tertiary/aromatic N) is 1. The topological polar surface area (TPSA) is 29.5 Å². The van der Waals surface area contributed by atoms with Crippen molar-refractivity contribution < 1.29 is 13.9 Å². The third kappa shape index (κ3) is 3.84. The molecule has 0 spiro atoms. The van der Waals surface area contributed by atoms with Gasteiger partial charge in [0.2, 0.25) is 5.91 Å². The molecule has 0 aliphatic carbocycles. The highest BCUT2D eigenvalue weighted by Gasteiger charge is 2.35. The lowest BCUT2D eigenvalue weighted by Gasteiger charge is -2.39. The van der Waals surface area contributed by atoms with Crippen LogP contribution in [0.25, 0.3) is 0 Å². The Kier molecular flexibility index (Phi) is 4.80. The zero-order valence-electron chi connectivity index (χ0n) is 15.0. The second kappa shape index (κ2) is 6.87. The minimum Gasteiger partial charge on any atom is -0.493 e. The zero-order chi connectivity index (χ0) is 18.0. The molecule has 4 heteroatoms. The fraction of sp³-hybridized carbons (Fsp3) is 0.381. The number of carbonyl (C=O) groups is 1. The maximum Gasteiger partial charge on any atom is 0.231 e. The monoisotopic (exact) mass is 341 g/mol. The summed E-state index contributed by atoms with van der Waals surface area (Å²) in [6, 6.07) is 14.2. The SMILES string of the molecule is CC(C)(C)N(Cc1cccc(F)c1)C(=O)C1CCOc2ccccc21. The van der Waals surface area contributed by atoms with Crippen molar-refractivity contribution in [3.63, 3.8) is 0 Å². The summed E-state index contributed by atoms with van der Waals surface area (Å²) in [5.41, 5.74) is 1.37. The van der Waals surface area contributed by atoms with Gasteiger partial charge in [-0.05, 0) is 51.0 Å². The average molecular weight is 341 g/mol. The third-order valence-corrected chi connectivity index (χ3v) is 4.56. The number of hydrogen-bond donors (Lipinski definition) is 0. The maximum atomic E-state index is 13.5. The molecule has 0 N–H and O–H groups in total. The molecule has 1 heterocycles. The van der Waals surface area contributed by atoms with Gasteiger partial charge in [-0.15, -0.1) is 0 Å². The second-order valence-corrected chi connectivity index (χ2v) is 7.45. The van der Waals surface area contributed by atoms with Gasteiger partial charge in [0.1, 0.15) is 11.6 Å². The number of rotatable bonds is 3. The highest BCUT2D eigenvalue weighted by molar-refractivity contribution is 5.85. The molecule has 2 aromatic rings. The van der Waals surface area contributed by atoms with Gasteiger partial charge in [-0.1, -0.05) is 30.3 Å². The van der Waals surface area contributed by atoms with Gasteiger partial charge in [0.25, 0.3) is 0 Å². The number of benzene rings is 2. The van der Waals surface area contributed by atoms with Crippen molar-refractivity contribution in [2.75, 3.05) is 6.61 Å². The van der Waals surface area contributed by atoms with E-state index in [1.807, 2.05) is 56.0 Å². The van der Waals surface area contributed by atoms with Gasteiger partial charge in [-0.25, -0.2) is 4.39 Å². The van der Waals surface area contributed by atoms with Crippen molar-refractivity contribution in [1.82, 2.24) is 4.90 Å². The molecule has 132 valence electrons. The van der Waals surface area contributed by atoms with Crippen molar-refractivity contribution in [3.8, 4) is 5.75 Å². The van der Waals surface area contributed by atoms with Crippen molar-refractivity contribution in [1.29, 1.82) is 0 Å². The van der Waals surface area contributed by atoms with Gasteiger partial charge in [0, 0.05) is 17.6 Å². The Balaban J connectivity index is 1.91. The number of fused-ring (bicyclic) bond motifs is 1. The maximum absolute atomic E-state index is 13.5. The van der Waals surface area contributed by atoms with Crippen LogP contribution in [0.4, 0.5) is 4.39 Å². The number of hydrogen-bond acceptors (Lipinski definition) is 2. The van der Waals surface area contributed by atoms with Crippen molar-refractivity contribution in [2.45, 2.75) is 45.2 Å². The molecule has 2 aromatic carbocycles. The molecule has 1 atom stereocenters. The molecule has 0 saturated carbocycles. The number of carbonyl (C=O) groups excluding carboxylic acids is 1. The van der Waals surface area contributed by atoms with E-state index in [0.29, 0.717) is 19.6 Å². The fourth-order valence-electron chi connectivity index (χ4n) is 3.25. The first-order valence-electron chi connectivity index (χ1n) is 8.64. The molecule has 1 amide bonds. The van der Waals surface area contributed by atoms with Crippen molar-refractivity contribution >= 4 is 5.91 Å². The number of para-hydroxylation sites is 1. The molecule has 25 heavy (non-hydrogen) atoms. The fourth-order valence-corrected chi connectivity index (χ4v) is 3.25. The second-order valence-electron chi connectivity index (χ2n) is 7.45. The minimum atomic E-state index is -0.364. The lowest BCUT2D eigenvalue weighted by atomic mass is 9.90. The summed E-state index contributed by atoms with van der Waals surface area (Å²) in [5, 5.41) is 0. The molecule has 1 unspecified atom stereocenters. The van der Waals surface area contributed by atoms with E-state index in [0.717, 1.165) is 16.9 Å². The first-order chi connectivity index (χ1) is 11.9. The van der Waals surface area contributed by atoms with E-state index in [9.17, 15) is 9.18 Å². The van der Waals surface area contributed by atoms with Gasteiger partial charge >= 0.3 is 0 Å². The lowest BCUT2D eigenvalue weighted by Crippen LogP contribution is -2.47. The molecule has 0 radical (unpaired) electrons. The molecular formula is C21H24FNO2. The Morgan fingerprint density at radius 1 is 1.20 bits per heavy atom. The van der Waals surface area contributed by atoms with Gasteiger partial charge in [-0.3, -0.25) is 4.79 Å². The van der Waals surface area contributed by atoms with Gasteiger partial charge in [0.15, 0.2) is 0 Å². The van der Waals surface area contributed by atoms with E-state index in [1.165, 1.54) is 12.1 Å². The molecule has 0 fully saturated rings. The Morgan fingerprint density at radius 3 is 2.68 bits per heavy atom. The van der Waals surface area contributed by atoms with Crippen LogP contribution in [0.3, 0.4) is 0 Å². The van der Waals surface area contributed by atoms with Crippen LogP contribution in [0.2, 0.25) is 0 Å². The van der Waals surface area contributed by atoms with E-state index < -0.39 is 0 Å². The van der Waals surface area contributed by atoms with Crippen LogP contribution in [0.1, 0.15) is 44.2 Å². The largest absolute Gasteiger partial charge is 0.493 e. The summed E-state index contributed by atoms with van der Waals surface area (Å²) in [5.74, 6) is 0.340. The first kappa shape index (κ1) is 17.5. The summed E-state index contributed by atoms with van der Waals surface area (Å²) < 4.78 is 19.2. The molecular weight excluding hydrogens is 317 g/mol. The van der Waals surface area contributed by atoms with Crippen LogP contribution in [0.5, 0.6) is 5.75 Å². The summed E-state index contributed by atoms with van der Waals surface area (Å²) in [6.45, 7) is 6.95. The quantitative estimate of drug-likeness (QED) is 0.821. The van der Waals surface area contributed by atoms with Crippen molar-refractivity contribution in [2.24, 2.45) is 0 Å². The van der Waals surface area contributed by atoms with Crippen LogP contribution >= 0.6 is 0 Å². The highest BCUT2D eigenvalue weighted by atomic mass is 19.1. The smallest absolute Gasteiger partial charge is 0.231 e. The van der Waals surface area contributed by atoms with E-state index in [2.05, 4.69) is 0 Å².